The highest BCUT2D eigenvalue weighted by Crippen LogP contribution is 2.32. The van der Waals surface area contributed by atoms with Gasteiger partial charge in [0.15, 0.2) is 12.1 Å². The van der Waals surface area contributed by atoms with Crippen LogP contribution in [0.25, 0.3) is 22.3 Å². The summed E-state index contributed by atoms with van der Waals surface area (Å²) in [6, 6.07) is 11.6. The van der Waals surface area contributed by atoms with Crippen LogP contribution in [0.5, 0.6) is 0 Å². The van der Waals surface area contributed by atoms with Crippen molar-refractivity contribution in [1.29, 1.82) is 0 Å². The first-order chi connectivity index (χ1) is 13.9. The average molecular weight is 397 g/mol. The van der Waals surface area contributed by atoms with E-state index in [1.807, 2.05) is 0 Å². The molecule has 0 radical (unpaired) electrons. The van der Waals surface area contributed by atoms with Crippen molar-refractivity contribution in [2.24, 2.45) is 0 Å². The Balaban J connectivity index is 1.75. The summed E-state index contributed by atoms with van der Waals surface area (Å²) in [6.45, 7) is 0. The summed E-state index contributed by atoms with van der Waals surface area (Å²) in [5.41, 5.74) is 0.313. The van der Waals surface area contributed by atoms with Gasteiger partial charge in [0.1, 0.15) is 12.1 Å². The summed E-state index contributed by atoms with van der Waals surface area (Å²) in [6.07, 6.45) is -1.22. The van der Waals surface area contributed by atoms with Crippen molar-refractivity contribution >= 4 is 16.7 Å². The summed E-state index contributed by atoms with van der Waals surface area (Å²) in [5, 5.41) is 14.1. The number of hydrogen-bond donors (Lipinski definition) is 2. The Labute approximate surface area is 163 Å². The Hall–Kier alpha value is -3.59. The number of para-hydroxylation sites is 1. The van der Waals surface area contributed by atoms with Gasteiger partial charge >= 0.3 is 6.18 Å². The van der Waals surface area contributed by atoms with E-state index in [0.29, 0.717) is 22.3 Å². The molecule has 4 rings (SSSR count). The zero-order valence-corrected chi connectivity index (χ0v) is 14.8. The fraction of sp³-hybridized carbons (Fsp3) is 0.100. The highest BCUT2D eigenvalue weighted by atomic mass is 19.4. The summed E-state index contributed by atoms with van der Waals surface area (Å²) < 4.78 is 39.1. The number of aliphatic hydroxyl groups is 1. The first kappa shape index (κ1) is 18.8. The quantitative estimate of drug-likeness (QED) is 0.502. The molecule has 0 bridgehead atoms. The van der Waals surface area contributed by atoms with Gasteiger partial charge in [-0.15, -0.1) is 0 Å². The van der Waals surface area contributed by atoms with Gasteiger partial charge in [0.25, 0.3) is 0 Å². The van der Waals surface area contributed by atoms with Crippen molar-refractivity contribution in [3.05, 3.63) is 78.4 Å². The van der Waals surface area contributed by atoms with Crippen LogP contribution in [0.3, 0.4) is 0 Å². The number of hydrogen-bond acceptors (Lipinski definition) is 6. The van der Waals surface area contributed by atoms with Crippen LogP contribution >= 0.6 is 0 Å². The molecule has 146 valence electrons. The number of nitrogens with zero attached hydrogens (tertiary/aromatic N) is 4. The monoisotopic (exact) mass is 397 g/mol. The first-order valence-electron chi connectivity index (χ1n) is 8.56. The molecule has 6 nitrogen and oxygen atoms in total. The Kier molecular flexibility index (Phi) is 4.81. The number of benzene rings is 2. The molecule has 0 fully saturated rings. The van der Waals surface area contributed by atoms with Crippen LogP contribution in [-0.4, -0.2) is 25.0 Å². The van der Waals surface area contributed by atoms with Gasteiger partial charge < -0.3 is 10.4 Å². The second kappa shape index (κ2) is 7.44. The lowest BCUT2D eigenvalue weighted by atomic mass is 10.1. The predicted octanol–water partition coefficient (Wildman–Crippen LogP) is 4.21. The fourth-order valence-corrected chi connectivity index (χ4v) is 2.87. The molecule has 4 aromatic rings. The Bertz CT molecular complexity index is 1150. The molecular weight excluding hydrogens is 383 g/mol. The smallest absolute Gasteiger partial charge is 0.369 e. The highest BCUT2D eigenvalue weighted by Gasteiger charge is 2.30. The lowest BCUT2D eigenvalue weighted by Crippen LogP contribution is -2.12. The summed E-state index contributed by atoms with van der Waals surface area (Å²) >= 11 is 0. The number of alkyl halides is 3. The molecule has 2 N–H and O–H groups in total. The molecule has 0 amide bonds. The van der Waals surface area contributed by atoms with Crippen LogP contribution in [0, 0.1) is 0 Å². The molecule has 0 aliphatic heterocycles. The number of aromatic nitrogens is 4. The Morgan fingerprint density at radius 3 is 2.59 bits per heavy atom. The topological polar surface area (TPSA) is 83.8 Å². The SMILES string of the molecule is OC(Nc1ccncn1)c1cccc2cnc(-c3cccc(C(F)(F)F)c3)nc12. The fourth-order valence-electron chi connectivity index (χ4n) is 2.87. The van der Waals surface area contributed by atoms with Crippen LogP contribution in [0.1, 0.15) is 17.4 Å². The Morgan fingerprint density at radius 1 is 1.00 bits per heavy atom. The number of halogens is 3. The number of rotatable bonds is 4. The average Bonchev–Trinajstić information content (AvgIpc) is 2.73. The van der Waals surface area contributed by atoms with Crippen molar-refractivity contribution in [1.82, 2.24) is 19.9 Å². The van der Waals surface area contributed by atoms with Crippen LogP contribution in [0.15, 0.2) is 67.3 Å². The normalized spacial score (nSPS) is 12.7. The van der Waals surface area contributed by atoms with Crippen molar-refractivity contribution in [3.8, 4) is 11.4 Å². The minimum absolute atomic E-state index is 0.130. The van der Waals surface area contributed by atoms with Gasteiger partial charge in [-0.05, 0) is 18.2 Å². The zero-order valence-electron chi connectivity index (χ0n) is 14.8. The van der Waals surface area contributed by atoms with Crippen LogP contribution in [0.4, 0.5) is 19.0 Å². The maximum absolute atomic E-state index is 13.0. The molecule has 2 heterocycles. The number of fused-ring (bicyclic) bond motifs is 1. The highest BCUT2D eigenvalue weighted by molar-refractivity contribution is 5.83. The molecule has 0 saturated carbocycles. The van der Waals surface area contributed by atoms with E-state index >= 15 is 0 Å². The van der Waals surface area contributed by atoms with Crippen molar-refractivity contribution < 1.29 is 18.3 Å². The van der Waals surface area contributed by atoms with E-state index in [-0.39, 0.29) is 11.4 Å². The maximum atomic E-state index is 13.0. The van der Waals surface area contributed by atoms with E-state index in [4.69, 9.17) is 0 Å². The van der Waals surface area contributed by atoms with Crippen LogP contribution in [-0.2, 0) is 6.18 Å². The van der Waals surface area contributed by atoms with Gasteiger partial charge in [0, 0.05) is 28.9 Å². The standard InChI is InChI=1S/C20H14F3N5O/c21-20(22,23)14-5-1-3-12(9-14)18-25-10-13-4-2-6-15(17(13)28-18)19(29)27-16-7-8-24-11-26-16/h1-11,19,29H,(H,24,26,27). The van der Waals surface area contributed by atoms with Crippen LogP contribution < -0.4 is 5.32 Å². The number of aliphatic hydroxyl groups excluding tert-OH is 1. The molecule has 0 saturated heterocycles. The van der Waals surface area contributed by atoms with Crippen molar-refractivity contribution in [3.63, 3.8) is 0 Å². The third-order valence-electron chi connectivity index (χ3n) is 4.25. The zero-order chi connectivity index (χ0) is 20.4. The van der Waals surface area contributed by atoms with Crippen molar-refractivity contribution in [2.45, 2.75) is 12.4 Å². The van der Waals surface area contributed by atoms with E-state index in [2.05, 4.69) is 25.3 Å². The lowest BCUT2D eigenvalue weighted by molar-refractivity contribution is -0.137. The maximum Gasteiger partial charge on any atom is 0.416 e. The van der Waals surface area contributed by atoms with Crippen LogP contribution in [0.2, 0.25) is 0 Å². The van der Waals surface area contributed by atoms with Gasteiger partial charge in [-0.2, -0.15) is 13.2 Å². The van der Waals surface area contributed by atoms with E-state index in [1.54, 1.807) is 24.3 Å². The van der Waals surface area contributed by atoms with E-state index < -0.39 is 18.0 Å². The molecule has 0 aliphatic rings. The molecule has 1 atom stereocenters. The summed E-state index contributed by atoms with van der Waals surface area (Å²) in [7, 11) is 0. The Morgan fingerprint density at radius 2 is 1.83 bits per heavy atom. The molecule has 2 aromatic carbocycles. The molecular formula is C20H14F3N5O. The van der Waals surface area contributed by atoms with Gasteiger partial charge in [0.2, 0.25) is 0 Å². The molecule has 0 spiro atoms. The predicted molar refractivity (Wildman–Crippen MR) is 101 cm³/mol. The van der Waals surface area contributed by atoms with Crippen molar-refractivity contribution in [2.75, 3.05) is 5.32 Å². The summed E-state index contributed by atoms with van der Waals surface area (Å²) in [4.78, 5) is 16.4. The van der Waals surface area contributed by atoms with Gasteiger partial charge in [-0.3, -0.25) is 0 Å². The van der Waals surface area contributed by atoms with E-state index in [9.17, 15) is 18.3 Å². The largest absolute Gasteiger partial charge is 0.416 e. The number of anilines is 1. The second-order valence-electron chi connectivity index (χ2n) is 6.20. The molecule has 0 aliphatic carbocycles. The second-order valence-corrected chi connectivity index (χ2v) is 6.20. The molecule has 1 unspecified atom stereocenters. The minimum Gasteiger partial charge on any atom is -0.369 e. The minimum atomic E-state index is -4.46. The first-order valence-corrected chi connectivity index (χ1v) is 8.56. The third-order valence-corrected chi connectivity index (χ3v) is 4.25. The van der Waals surface area contributed by atoms with E-state index in [0.717, 1.165) is 12.1 Å². The summed E-state index contributed by atoms with van der Waals surface area (Å²) in [5.74, 6) is 0.543. The van der Waals surface area contributed by atoms with E-state index in [1.165, 1.54) is 30.9 Å². The third kappa shape index (κ3) is 3.99. The van der Waals surface area contributed by atoms with Gasteiger partial charge in [-0.25, -0.2) is 19.9 Å². The molecule has 29 heavy (non-hydrogen) atoms. The van der Waals surface area contributed by atoms with Gasteiger partial charge in [-0.1, -0.05) is 30.3 Å². The lowest BCUT2D eigenvalue weighted by Gasteiger charge is -2.15. The molecule has 2 aromatic heterocycles. The number of nitrogens with one attached hydrogen (secondary N) is 1. The molecule has 9 heteroatoms. The van der Waals surface area contributed by atoms with Gasteiger partial charge in [0.05, 0.1) is 11.1 Å².